The molecule has 3 saturated heterocycles. The lowest BCUT2D eigenvalue weighted by molar-refractivity contribution is -0.148. The zero-order chi connectivity index (χ0) is 37.0. The summed E-state index contributed by atoms with van der Waals surface area (Å²) in [6, 6.07) is 14.4. The first kappa shape index (κ1) is 38.0. The van der Waals surface area contributed by atoms with Crippen molar-refractivity contribution < 1.29 is 38.2 Å². The lowest BCUT2D eigenvalue weighted by Gasteiger charge is -2.37. The van der Waals surface area contributed by atoms with E-state index in [1.54, 1.807) is 43.9 Å². The molecular formula is C36H48N8O8. The molecule has 3 heterocycles. The van der Waals surface area contributed by atoms with Crippen LogP contribution in [-0.4, -0.2) is 157 Å². The van der Waals surface area contributed by atoms with E-state index in [-0.39, 0.29) is 87.7 Å². The summed E-state index contributed by atoms with van der Waals surface area (Å²) in [5, 5.41) is 0. The van der Waals surface area contributed by atoms with Crippen LogP contribution in [0.25, 0.3) is 0 Å². The number of carbonyl (C=O) groups excluding carboxylic acids is 6. The Balaban J connectivity index is 0.990. The van der Waals surface area contributed by atoms with E-state index in [1.165, 1.54) is 9.80 Å². The van der Waals surface area contributed by atoms with Crippen LogP contribution in [0.1, 0.15) is 24.0 Å². The Labute approximate surface area is 303 Å². The maximum absolute atomic E-state index is 13.1. The van der Waals surface area contributed by atoms with Gasteiger partial charge in [0.1, 0.15) is 11.5 Å². The van der Waals surface area contributed by atoms with Crippen molar-refractivity contribution in [3.8, 4) is 11.5 Å². The summed E-state index contributed by atoms with van der Waals surface area (Å²) >= 11 is 0. The van der Waals surface area contributed by atoms with Gasteiger partial charge in [-0.2, -0.15) is 0 Å². The zero-order valence-corrected chi connectivity index (χ0v) is 29.5. The van der Waals surface area contributed by atoms with E-state index < -0.39 is 0 Å². The average Bonchev–Trinajstić information content (AvgIpc) is 3.18. The average molecular weight is 721 g/mol. The first-order valence-electron chi connectivity index (χ1n) is 17.6. The Bertz CT molecular complexity index is 1450. The van der Waals surface area contributed by atoms with Crippen LogP contribution in [0.15, 0.2) is 48.5 Å². The fourth-order valence-corrected chi connectivity index (χ4v) is 6.21. The van der Waals surface area contributed by atoms with Crippen LogP contribution in [0.5, 0.6) is 11.5 Å². The van der Waals surface area contributed by atoms with Crippen LogP contribution >= 0.6 is 0 Å². The molecule has 0 atom stereocenters. The minimum atomic E-state index is -0.270. The number of ether oxygens (including phenoxy) is 2. The van der Waals surface area contributed by atoms with E-state index in [2.05, 4.69) is 0 Å². The molecule has 5 rings (SSSR count). The van der Waals surface area contributed by atoms with E-state index in [0.717, 1.165) is 11.1 Å². The molecule has 280 valence electrons. The smallest absolute Gasteiger partial charge is 0.260 e. The quantitative estimate of drug-likeness (QED) is 0.271. The Morgan fingerprint density at radius 2 is 0.788 bits per heavy atom. The third kappa shape index (κ3) is 10.4. The number of hydrogen-bond acceptors (Lipinski definition) is 10. The van der Waals surface area contributed by atoms with Gasteiger partial charge in [0.05, 0.1) is 13.1 Å². The van der Waals surface area contributed by atoms with Crippen molar-refractivity contribution in [1.82, 2.24) is 29.4 Å². The number of piperazine rings is 2. The number of benzene rings is 2. The van der Waals surface area contributed by atoms with Gasteiger partial charge in [-0.1, -0.05) is 24.3 Å². The molecule has 2 aromatic rings. The maximum Gasteiger partial charge on any atom is 0.260 e. The van der Waals surface area contributed by atoms with Crippen molar-refractivity contribution in [2.75, 3.05) is 91.8 Å². The SMILES string of the molecule is NCc1ccc(OCC(=O)N2CCN(C(=O)CN3CCC(=O)N(CC(=O)N4CCN(C(=O)COc5ccc(CN)cc5)CC4)CCC3=O)CC2)cc1. The summed E-state index contributed by atoms with van der Waals surface area (Å²) in [6.45, 7) is 3.12. The molecule has 0 radical (unpaired) electrons. The molecule has 3 aliphatic heterocycles. The summed E-state index contributed by atoms with van der Waals surface area (Å²) in [4.78, 5) is 87.0. The number of rotatable bonds is 12. The van der Waals surface area contributed by atoms with Crippen LogP contribution < -0.4 is 20.9 Å². The molecule has 0 aromatic heterocycles. The van der Waals surface area contributed by atoms with E-state index >= 15 is 0 Å². The number of amides is 6. The van der Waals surface area contributed by atoms with Gasteiger partial charge in [0, 0.05) is 91.4 Å². The minimum absolute atomic E-state index is 0.0131. The highest BCUT2D eigenvalue weighted by atomic mass is 16.5. The molecule has 16 nitrogen and oxygen atoms in total. The Morgan fingerprint density at radius 3 is 1.10 bits per heavy atom. The Kier molecular flexibility index (Phi) is 13.4. The summed E-state index contributed by atoms with van der Waals surface area (Å²) in [7, 11) is 0. The number of carbonyl (C=O) groups is 6. The molecule has 0 aliphatic carbocycles. The molecule has 0 saturated carbocycles. The van der Waals surface area contributed by atoms with Gasteiger partial charge < -0.3 is 50.3 Å². The molecule has 3 fully saturated rings. The molecule has 52 heavy (non-hydrogen) atoms. The van der Waals surface area contributed by atoms with Gasteiger partial charge in [-0.15, -0.1) is 0 Å². The molecule has 4 N–H and O–H groups in total. The second-order valence-electron chi connectivity index (χ2n) is 12.9. The van der Waals surface area contributed by atoms with Crippen LogP contribution in [0.2, 0.25) is 0 Å². The summed E-state index contributed by atoms with van der Waals surface area (Å²) in [5.74, 6) is -0.254. The van der Waals surface area contributed by atoms with Gasteiger partial charge in [0.15, 0.2) is 13.2 Å². The third-order valence-electron chi connectivity index (χ3n) is 9.56. The topological polar surface area (TPSA) is 192 Å². The van der Waals surface area contributed by atoms with E-state index in [9.17, 15) is 28.8 Å². The second kappa shape index (κ2) is 18.3. The molecule has 16 heteroatoms. The molecule has 0 unspecified atom stereocenters. The van der Waals surface area contributed by atoms with Crippen molar-refractivity contribution in [1.29, 1.82) is 0 Å². The molecule has 2 aromatic carbocycles. The fraction of sp³-hybridized carbons (Fsp3) is 0.500. The second-order valence-corrected chi connectivity index (χ2v) is 12.9. The normalized spacial score (nSPS) is 17.1. The van der Waals surface area contributed by atoms with Gasteiger partial charge in [-0.3, -0.25) is 28.8 Å². The van der Waals surface area contributed by atoms with Crippen molar-refractivity contribution >= 4 is 35.4 Å². The first-order valence-corrected chi connectivity index (χ1v) is 17.6. The van der Waals surface area contributed by atoms with Crippen molar-refractivity contribution in [3.05, 3.63) is 59.7 Å². The number of nitrogens with zero attached hydrogens (tertiary/aromatic N) is 6. The van der Waals surface area contributed by atoms with E-state index in [1.807, 2.05) is 24.3 Å². The van der Waals surface area contributed by atoms with Gasteiger partial charge >= 0.3 is 0 Å². The monoisotopic (exact) mass is 720 g/mol. The van der Waals surface area contributed by atoms with Crippen molar-refractivity contribution in [2.45, 2.75) is 25.9 Å². The van der Waals surface area contributed by atoms with Gasteiger partial charge in [-0.05, 0) is 35.4 Å². The number of hydrogen-bond donors (Lipinski definition) is 2. The molecular weight excluding hydrogens is 672 g/mol. The van der Waals surface area contributed by atoms with Gasteiger partial charge in [-0.25, -0.2) is 0 Å². The highest BCUT2D eigenvalue weighted by molar-refractivity contribution is 5.89. The van der Waals surface area contributed by atoms with Gasteiger partial charge in [0.2, 0.25) is 23.6 Å². The number of nitrogens with two attached hydrogens (primary N) is 2. The Hall–Kier alpha value is -5.22. The summed E-state index contributed by atoms with van der Waals surface area (Å²) in [6.07, 6.45) is -0.0263. The largest absolute Gasteiger partial charge is 0.484 e. The highest BCUT2D eigenvalue weighted by Crippen LogP contribution is 2.15. The maximum atomic E-state index is 13.1. The lowest BCUT2D eigenvalue weighted by atomic mass is 10.2. The highest BCUT2D eigenvalue weighted by Gasteiger charge is 2.31. The fourth-order valence-electron chi connectivity index (χ4n) is 6.21. The van der Waals surface area contributed by atoms with Crippen molar-refractivity contribution in [2.24, 2.45) is 11.5 Å². The summed E-state index contributed by atoms with van der Waals surface area (Å²) in [5.41, 5.74) is 13.2. The van der Waals surface area contributed by atoms with E-state index in [4.69, 9.17) is 20.9 Å². The standard InChI is InChI=1S/C36H48N8O8/c37-21-27-1-5-29(6-2-27)51-25-35(49)41-17-13-39(14-18-41)33(47)23-43-11-9-32(46)44(12-10-31(43)45)24-34(48)40-15-19-42(20-16-40)36(50)26-52-30-7-3-28(22-38)4-8-30/h1-8H,9-26,37-38H2. The lowest BCUT2D eigenvalue weighted by Crippen LogP contribution is -2.55. The predicted molar refractivity (Wildman–Crippen MR) is 188 cm³/mol. The van der Waals surface area contributed by atoms with Crippen LogP contribution in [0, 0.1) is 0 Å². The predicted octanol–water partition coefficient (Wildman–Crippen LogP) is -1.15. The third-order valence-corrected chi connectivity index (χ3v) is 9.56. The molecule has 3 aliphatic rings. The van der Waals surface area contributed by atoms with Crippen LogP contribution in [-0.2, 0) is 41.9 Å². The van der Waals surface area contributed by atoms with E-state index in [0.29, 0.717) is 76.9 Å². The molecule has 0 bridgehead atoms. The van der Waals surface area contributed by atoms with Crippen LogP contribution in [0.3, 0.4) is 0 Å². The Morgan fingerprint density at radius 1 is 0.481 bits per heavy atom. The molecule has 0 spiro atoms. The van der Waals surface area contributed by atoms with Gasteiger partial charge in [0.25, 0.3) is 11.8 Å². The first-order chi connectivity index (χ1) is 25.1. The molecule has 6 amide bonds. The van der Waals surface area contributed by atoms with Crippen LogP contribution in [0.4, 0.5) is 0 Å². The zero-order valence-electron chi connectivity index (χ0n) is 29.5. The minimum Gasteiger partial charge on any atom is -0.484 e. The summed E-state index contributed by atoms with van der Waals surface area (Å²) < 4.78 is 11.2. The van der Waals surface area contributed by atoms with Crippen molar-refractivity contribution in [3.63, 3.8) is 0 Å².